The number of aliphatic carboxylic acids is 1. The average Bonchev–Trinajstić information content (AvgIpc) is 3.30. The van der Waals surface area contributed by atoms with E-state index in [1.165, 1.54) is 25.7 Å². The van der Waals surface area contributed by atoms with Crippen LogP contribution in [0.3, 0.4) is 0 Å². The van der Waals surface area contributed by atoms with Gasteiger partial charge in [0.15, 0.2) is 5.78 Å². The fourth-order valence-corrected chi connectivity index (χ4v) is 6.63. The second kappa shape index (κ2) is 25.5. The topological polar surface area (TPSA) is 156 Å². The van der Waals surface area contributed by atoms with Gasteiger partial charge < -0.3 is 25.8 Å². The third-order valence-corrected chi connectivity index (χ3v) is 10.4. The van der Waals surface area contributed by atoms with E-state index in [-0.39, 0.29) is 36.9 Å². The van der Waals surface area contributed by atoms with Crippen molar-refractivity contribution >= 4 is 88.4 Å². The molecule has 0 bridgehead atoms. The second-order valence-corrected chi connectivity index (χ2v) is 14.7. The Morgan fingerprint density at radius 2 is 1.28 bits per heavy atom. The number of esters is 2. The fourth-order valence-electron chi connectivity index (χ4n) is 5.82. The minimum absolute atomic E-state index is 0. The second-order valence-electron chi connectivity index (χ2n) is 13.0. The van der Waals surface area contributed by atoms with Crippen molar-refractivity contribution in [1.29, 1.82) is 0 Å². The molecule has 4 aromatic rings. The number of cyclic esters (lactones) is 2. The van der Waals surface area contributed by atoms with E-state index in [1.54, 1.807) is 36.4 Å². The van der Waals surface area contributed by atoms with Crippen molar-refractivity contribution in [1.82, 2.24) is 10.2 Å². The molecule has 0 fully saturated rings. The molecule has 312 valence electrons. The van der Waals surface area contributed by atoms with Crippen molar-refractivity contribution in [3.8, 4) is 0 Å². The number of carbonyl (C=O) groups is 5. The number of nitrogens with two attached hydrogens (primary N) is 1. The highest BCUT2D eigenvalue weighted by Gasteiger charge is 2.28. The van der Waals surface area contributed by atoms with E-state index in [2.05, 4.69) is 35.7 Å². The number of carboxylic acids is 1. The third-order valence-electron chi connectivity index (χ3n) is 9.21. The van der Waals surface area contributed by atoms with Crippen LogP contribution in [0, 0.1) is 0 Å². The van der Waals surface area contributed by atoms with Crippen LogP contribution >= 0.6 is 58.8 Å². The summed E-state index contributed by atoms with van der Waals surface area (Å²) in [7, 11) is 0. The molecule has 15 heteroatoms. The first-order valence-electron chi connectivity index (χ1n) is 18.5. The van der Waals surface area contributed by atoms with Crippen LogP contribution in [0.25, 0.3) is 0 Å². The van der Waals surface area contributed by atoms with Crippen LogP contribution in [0.15, 0.2) is 84.9 Å². The molecule has 58 heavy (non-hydrogen) atoms. The van der Waals surface area contributed by atoms with Crippen LogP contribution in [-0.2, 0) is 44.8 Å². The van der Waals surface area contributed by atoms with Crippen molar-refractivity contribution < 1.29 is 33.8 Å². The highest BCUT2D eigenvalue weighted by molar-refractivity contribution is 6.32. The van der Waals surface area contributed by atoms with Crippen LogP contribution in [0.1, 0.15) is 76.6 Å². The Morgan fingerprint density at radius 3 is 1.78 bits per heavy atom. The molecule has 2 heterocycles. The van der Waals surface area contributed by atoms with Gasteiger partial charge in [-0.1, -0.05) is 116 Å². The molecule has 2 aliphatic rings. The summed E-state index contributed by atoms with van der Waals surface area (Å²) in [6.45, 7) is 10.1. The van der Waals surface area contributed by atoms with E-state index in [9.17, 15) is 24.0 Å². The summed E-state index contributed by atoms with van der Waals surface area (Å²) < 4.78 is 4.43. The lowest BCUT2D eigenvalue weighted by Crippen LogP contribution is -2.39. The van der Waals surface area contributed by atoms with Crippen LogP contribution in [0.5, 0.6) is 0 Å². The van der Waals surface area contributed by atoms with E-state index >= 15 is 0 Å². The molecular formula is C43H48Cl5N3O7. The Morgan fingerprint density at radius 1 is 0.776 bits per heavy atom. The van der Waals surface area contributed by atoms with Crippen molar-refractivity contribution in [2.24, 2.45) is 5.73 Å². The minimum Gasteiger partial charge on any atom is -0.480 e. The molecule has 0 aromatic heterocycles. The molecule has 0 aliphatic carbocycles. The normalized spacial score (nSPS) is 14.5. The number of Topliss-reactive ketones (excluding diaryl/α,β-unsaturated/α-hetero) is 1. The minimum atomic E-state index is -0.975. The lowest BCUT2D eigenvalue weighted by atomic mass is 9.98. The summed E-state index contributed by atoms with van der Waals surface area (Å²) in [5.74, 6) is -2.35. The van der Waals surface area contributed by atoms with E-state index in [4.69, 9.17) is 57.2 Å². The van der Waals surface area contributed by atoms with Crippen molar-refractivity contribution in [3.05, 3.63) is 138 Å². The van der Waals surface area contributed by atoms with Gasteiger partial charge in [-0.15, -0.1) is 12.4 Å². The number of hydrogen-bond donors (Lipinski definition) is 3. The van der Waals surface area contributed by atoms with Gasteiger partial charge in [0.25, 0.3) is 5.91 Å². The van der Waals surface area contributed by atoms with Crippen molar-refractivity contribution in [2.75, 3.05) is 19.6 Å². The molecule has 0 saturated carbocycles. The number of carbonyl (C=O) groups excluding carboxylic acids is 4. The van der Waals surface area contributed by atoms with E-state index in [0.717, 1.165) is 16.7 Å². The van der Waals surface area contributed by atoms with E-state index in [0.29, 0.717) is 62.5 Å². The van der Waals surface area contributed by atoms with Gasteiger partial charge in [-0.25, -0.2) is 4.79 Å². The summed E-state index contributed by atoms with van der Waals surface area (Å²) in [6, 6.07) is 23.4. The smallest absolute Gasteiger partial charge is 0.346 e. The lowest BCUT2D eigenvalue weighted by Gasteiger charge is -2.15. The molecule has 2 aliphatic heterocycles. The Bertz CT molecular complexity index is 2020. The summed E-state index contributed by atoms with van der Waals surface area (Å²) in [6.07, 6.45) is 2.52. The molecular weight excluding hydrogens is 848 g/mol. The van der Waals surface area contributed by atoms with Crippen molar-refractivity contribution in [3.63, 3.8) is 0 Å². The molecule has 1 amide bonds. The van der Waals surface area contributed by atoms with Gasteiger partial charge in [-0.3, -0.25) is 19.2 Å². The van der Waals surface area contributed by atoms with Crippen molar-refractivity contribution in [2.45, 2.75) is 71.4 Å². The molecule has 10 nitrogen and oxygen atoms in total. The zero-order valence-corrected chi connectivity index (χ0v) is 36.3. The van der Waals surface area contributed by atoms with Gasteiger partial charge in [0, 0.05) is 32.1 Å². The summed E-state index contributed by atoms with van der Waals surface area (Å²) in [5.41, 5.74) is 9.53. The maximum absolute atomic E-state index is 12.4. The van der Waals surface area contributed by atoms with E-state index in [1.807, 2.05) is 42.5 Å². The SMILES string of the molecule is CCN(CC)CC.Cl.NC(CCc1ccccc1Cl)C(=O)O.O=C1Cc2ccc(Cl)cc2C(=O)O1.O=C1NC(CCc2ccccc2Cl)C(=O)Cc2ccc(Cl)cc21. The Hall–Kier alpha value is -4.00. The van der Waals surface area contributed by atoms with Crippen LogP contribution < -0.4 is 11.1 Å². The summed E-state index contributed by atoms with van der Waals surface area (Å²) in [5, 5.41) is 13.7. The van der Waals surface area contributed by atoms with Gasteiger partial charge in [-0.2, -0.15) is 0 Å². The number of benzene rings is 4. The number of nitrogens with zero attached hydrogens (tertiary/aromatic N) is 1. The van der Waals surface area contributed by atoms with Gasteiger partial charge in [0.1, 0.15) is 6.04 Å². The number of ketones is 1. The number of aryl methyl sites for hydroxylation is 2. The first-order valence-corrected chi connectivity index (χ1v) is 20.0. The molecule has 0 saturated heterocycles. The standard InChI is InChI=1S/C18H15Cl2NO2.C10H12ClNO2.C9H5ClO3.C6H15N.ClH/c19-13-7-5-12-9-17(22)16(21-18(23)14(12)10-13)8-6-11-3-1-2-4-15(11)20;11-8-4-2-1-3-7(8)5-6-9(12)10(13)14;10-6-2-1-5-3-8(11)13-9(12)7(5)4-6;1-4-7(5-2)6-3;/h1-5,7,10,16H,6,8-9H2,(H,21,23);1-4,9H,5-6,12H2,(H,13,14);1-2,4H,3H2;4-6H2,1-3H3;1H. The fraction of sp³-hybridized carbons (Fsp3) is 0.326. The lowest BCUT2D eigenvalue weighted by molar-refractivity contribution is -0.139. The predicted octanol–water partition coefficient (Wildman–Crippen LogP) is 8.88. The number of ether oxygens (including phenoxy) is 1. The van der Waals surface area contributed by atoms with Crippen LogP contribution in [0.2, 0.25) is 20.1 Å². The molecule has 4 aromatic carbocycles. The number of halogens is 5. The molecule has 0 spiro atoms. The summed E-state index contributed by atoms with van der Waals surface area (Å²) >= 11 is 23.7. The predicted molar refractivity (Wildman–Crippen MR) is 233 cm³/mol. The van der Waals surface area contributed by atoms with Crippen LogP contribution in [-0.4, -0.2) is 71.3 Å². The molecule has 2 unspecified atom stereocenters. The quantitative estimate of drug-likeness (QED) is 0.105. The maximum atomic E-state index is 12.4. The number of carboxylic acid groups (broad SMARTS) is 1. The highest BCUT2D eigenvalue weighted by atomic mass is 35.5. The number of fused-ring (bicyclic) bond motifs is 2. The molecule has 6 rings (SSSR count). The number of rotatable bonds is 10. The molecule has 4 N–H and O–H groups in total. The van der Waals surface area contributed by atoms with Gasteiger partial charge in [0.2, 0.25) is 0 Å². The van der Waals surface area contributed by atoms with E-state index < -0.39 is 30.0 Å². The van der Waals surface area contributed by atoms with Gasteiger partial charge in [0.05, 0.1) is 18.0 Å². The Balaban J connectivity index is 0.000000287. The first kappa shape index (κ1) is 50.1. The van der Waals surface area contributed by atoms with Gasteiger partial charge in [-0.05, 0) is 104 Å². The monoisotopic (exact) mass is 893 g/mol. The maximum Gasteiger partial charge on any atom is 0.346 e. The van der Waals surface area contributed by atoms with Gasteiger partial charge >= 0.3 is 17.9 Å². The summed E-state index contributed by atoms with van der Waals surface area (Å²) in [4.78, 5) is 59.6. The molecule has 0 radical (unpaired) electrons. The highest BCUT2D eigenvalue weighted by Crippen LogP contribution is 2.24. The number of nitrogens with one attached hydrogen (secondary N) is 1. The average molecular weight is 896 g/mol. The Kier molecular flexibility index (Phi) is 22.0. The zero-order valence-electron chi connectivity index (χ0n) is 32.4. The Labute approximate surface area is 365 Å². The zero-order chi connectivity index (χ0) is 42.1. The molecule has 2 atom stereocenters. The number of hydrogen-bond acceptors (Lipinski definition) is 8. The largest absolute Gasteiger partial charge is 0.480 e. The number of amides is 1. The van der Waals surface area contributed by atoms with Crippen LogP contribution in [0.4, 0.5) is 0 Å². The third kappa shape index (κ3) is 16.0. The first-order chi connectivity index (χ1) is 27.2.